The first-order valence-electron chi connectivity index (χ1n) is 12.5. The normalized spacial score (nSPS) is 18.2. The number of hydrogen-bond donors (Lipinski definition) is 0. The first kappa shape index (κ1) is 25.8. The van der Waals surface area contributed by atoms with Gasteiger partial charge in [0, 0.05) is 10.9 Å². The monoisotopic (exact) mass is 494 g/mol. The van der Waals surface area contributed by atoms with Crippen LogP contribution in [-0.2, 0) is 0 Å². The SMILES string of the molecule is C/C=C/CCC1CCC(c2ccc3c(F)c(C#Cc4ccc(OCC(F)(F)F)cc4)ccc3c2)CC1. The number of alkyl halides is 3. The van der Waals surface area contributed by atoms with Crippen LogP contribution >= 0.6 is 0 Å². The Kier molecular flexibility index (Phi) is 8.36. The Morgan fingerprint density at radius 2 is 1.69 bits per heavy atom. The van der Waals surface area contributed by atoms with Gasteiger partial charge in [0.15, 0.2) is 6.61 Å². The van der Waals surface area contributed by atoms with Crippen molar-refractivity contribution < 1.29 is 22.3 Å². The molecule has 1 nitrogen and oxygen atoms in total. The molecule has 1 aliphatic carbocycles. The standard InChI is InChI=1S/C31H30F4O/c1-2-3-4-5-22-6-11-24(12-7-22)26-16-19-29-27(20-26)15-14-25(30(29)32)13-8-23-9-17-28(18-10-23)36-21-31(33,34)35/h2-3,9-10,14-20,22,24H,4-7,11-12,21H2,1H3/b3-2+. The Labute approximate surface area is 210 Å². The van der Waals surface area contributed by atoms with E-state index in [4.69, 9.17) is 4.74 Å². The lowest BCUT2D eigenvalue weighted by Gasteiger charge is -2.28. The molecule has 3 aromatic carbocycles. The van der Waals surface area contributed by atoms with Crippen molar-refractivity contribution in [1.82, 2.24) is 0 Å². The molecule has 0 aromatic heterocycles. The van der Waals surface area contributed by atoms with Gasteiger partial charge in [-0.25, -0.2) is 4.39 Å². The van der Waals surface area contributed by atoms with E-state index in [1.165, 1.54) is 49.8 Å². The van der Waals surface area contributed by atoms with Crippen LogP contribution in [0, 0.1) is 23.6 Å². The van der Waals surface area contributed by atoms with Crippen LogP contribution in [0.15, 0.2) is 66.7 Å². The van der Waals surface area contributed by atoms with Gasteiger partial charge in [0.25, 0.3) is 0 Å². The third kappa shape index (κ3) is 6.91. The first-order valence-corrected chi connectivity index (χ1v) is 12.5. The van der Waals surface area contributed by atoms with E-state index in [1.807, 2.05) is 18.2 Å². The van der Waals surface area contributed by atoms with Gasteiger partial charge in [-0.2, -0.15) is 13.2 Å². The molecule has 1 saturated carbocycles. The van der Waals surface area contributed by atoms with E-state index in [0.29, 0.717) is 16.9 Å². The van der Waals surface area contributed by atoms with Crippen LogP contribution in [0.25, 0.3) is 10.8 Å². The molecule has 0 heterocycles. The molecule has 3 aromatic rings. The zero-order valence-electron chi connectivity index (χ0n) is 20.4. The van der Waals surface area contributed by atoms with E-state index in [9.17, 15) is 13.2 Å². The summed E-state index contributed by atoms with van der Waals surface area (Å²) < 4.78 is 56.7. The molecule has 188 valence electrons. The minimum atomic E-state index is -4.39. The first-order chi connectivity index (χ1) is 17.3. The highest BCUT2D eigenvalue weighted by molar-refractivity contribution is 5.85. The van der Waals surface area contributed by atoms with E-state index in [2.05, 4.69) is 37.0 Å². The lowest BCUT2D eigenvalue weighted by Crippen LogP contribution is -2.19. The van der Waals surface area contributed by atoms with Crippen molar-refractivity contribution in [2.24, 2.45) is 5.92 Å². The molecule has 1 fully saturated rings. The number of rotatable bonds is 6. The van der Waals surface area contributed by atoms with Crippen LogP contribution in [-0.4, -0.2) is 12.8 Å². The number of allylic oxidation sites excluding steroid dienone is 2. The Balaban J connectivity index is 1.42. The van der Waals surface area contributed by atoms with E-state index in [0.717, 1.165) is 17.7 Å². The quantitative estimate of drug-likeness (QED) is 0.189. The smallest absolute Gasteiger partial charge is 0.422 e. The Morgan fingerprint density at radius 1 is 0.944 bits per heavy atom. The van der Waals surface area contributed by atoms with Crippen molar-refractivity contribution in [2.75, 3.05) is 6.61 Å². The zero-order chi connectivity index (χ0) is 25.5. The van der Waals surface area contributed by atoms with Crippen molar-refractivity contribution >= 4 is 10.8 Å². The number of hydrogen-bond acceptors (Lipinski definition) is 1. The third-order valence-electron chi connectivity index (χ3n) is 6.87. The third-order valence-corrected chi connectivity index (χ3v) is 6.87. The minimum Gasteiger partial charge on any atom is -0.484 e. The molecule has 0 unspecified atom stereocenters. The van der Waals surface area contributed by atoms with Crippen molar-refractivity contribution in [3.05, 3.63) is 89.3 Å². The fraction of sp³-hybridized carbons (Fsp3) is 0.355. The molecule has 0 atom stereocenters. The summed E-state index contributed by atoms with van der Waals surface area (Å²) in [6.07, 6.45) is 7.25. The molecule has 36 heavy (non-hydrogen) atoms. The Bertz CT molecular complexity index is 1250. The van der Waals surface area contributed by atoms with Gasteiger partial charge in [0.2, 0.25) is 0 Å². The number of fused-ring (bicyclic) bond motifs is 1. The van der Waals surface area contributed by atoms with E-state index in [-0.39, 0.29) is 17.1 Å². The summed E-state index contributed by atoms with van der Waals surface area (Å²) in [5, 5.41) is 1.42. The maximum atomic E-state index is 15.2. The fourth-order valence-corrected chi connectivity index (χ4v) is 4.88. The summed E-state index contributed by atoms with van der Waals surface area (Å²) in [5.41, 5.74) is 2.13. The van der Waals surface area contributed by atoms with Gasteiger partial charge < -0.3 is 4.74 Å². The molecule has 0 aliphatic heterocycles. The maximum Gasteiger partial charge on any atom is 0.422 e. The van der Waals surface area contributed by atoms with Crippen LogP contribution in [0.3, 0.4) is 0 Å². The summed E-state index contributed by atoms with van der Waals surface area (Å²) >= 11 is 0. The lowest BCUT2D eigenvalue weighted by atomic mass is 9.77. The average molecular weight is 495 g/mol. The molecule has 1 aliphatic rings. The lowest BCUT2D eigenvalue weighted by molar-refractivity contribution is -0.153. The van der Waals surface area contributed by atoms with E-state index < -0.39 is 12.8 Å². The molecule has 0 saturated heterocycles. The molecule has 0 spiro atoms. The highest BCUT2D eigenvalue weighted by Crippen LogP contribution is 2.38. The summed E-state index contributed by atoms with van der Waals surface area (Å²) in [6.45, 7) is 0.720. The molecule has 0 radical (unpaired) electrons. The maximum absolute atomic E-state index is 15.2. The van der Waals surface area contributed by atoms with Crippen molar-refractivity contribution in [3.63, 3.8) is 0 Å². The van der Waals surface area contributed by atoms with Gasteiger partial charge in [0.1, 0.15) is 11.6 Å². The highest BCUT2D eigenvalue weighted by Gasteiger charge is 2.28. The average Bonchev–Trinajstić information content (AvgIpc) is 2.88. The topological polar surface area (TPSA) is 9.23 Å². The number of benzene rings is 3. The van der Waals surface area contributed by atoms with Crippen LogP contribution in [0.1, 0.15) is 68.1 Å². The van der Waals surface area contributed by atoms with Crippen molar-refractivity contribution in [3.8, 4) is 17.6 Å². The molecule has 0 bridgehead atoms. The second-order valence-electron chi connectivity index (χ2n) is 9.45. The summed E-state index contributed by atoms with van der Waals surface area (Å²) in [5.74, 6) is 6.81. The minimum absolute atomic E-state index is 0.104. The van der Waals surface area contributed by atoms with Gasteiger partial charge in [-0.3, -0.25) is 0 Å². The second-order valence-corrected chi connectivity index (χ2v) is 9.45. The number of halogens is 4. The fourth-order valence-electron chi connectivity index (χ4n) is 4.88. The molecule has 0 amide bonds. The largest absolute Gasteiger partial charge is 0.484 e. The second kappa shape index (κ2) is 11.6. The van der Waals surface area contributed by atoms with Gasteiger partial charge >= 0.3 is 6.18 Å². The van der Waals surface area contributed by atoms with E-state index >= 15 is 4.39 Å². The molecule has 5 heteroatoms. The van der Waals surface area contributed by atoms with Crippen molar-refractivity contribution in [1.29, 1.82) is 0 Å². The summed E-state index contributed by atoms with van der Waals surface area (Å²) in [6, 6.07) is 15.6. The van der Waals surface area contributed by atoms with Gasteiger partial charge in [-0.05, 0) is 98.6 Å². The highest BCUT2D eigenvalue weighted by atomic mass is 19.4. The van der Waals surface area contributed by atoms with Gasteiger partial charge in [-0.15, -0.1) is 0 Å². The summed E-state index contributed by atoms with van der Waals surface area (Å²) in [4.78, 5) is 0. The predicted molar refractivity (Wildman–Crippen MR) is 137 cm³/mol. The van der Waals surface area contributed by atoms with E-state index in [1.54, 1.807) is 18.2 Å². The molecule has 0 N–H and O–H groups in total. The van der Waals surface area contributed by atoms with Crippen molar-refractivity contribution in [2.45, 2.75) is 57.5 Å². The number of ether oxygens (including phenoxy) is 1. The Morgan fingerprint density at radius 3 is 2.39 bits per heavy atom. The molecular weight excluding hydrogens is 464 g/mol. The molecular formula is C31H30F4O. The predicted octanol–water partition coefficient (Wildman–Crippen LogP) is 8.95. The Hall–Kier alpha value is -3.26. The van der Waals surface area contributed by atoms with Crippen LogP contribution in [0.5, 0.6) is 5.75 Å². The van der Waals surface area contributed by atoms with Crippen LogP contribution < -0.4 is 4.74 Å². The molecule has 4 rings (SSSR count). The van der Waals surface area contributed by atoms with Crippen LogP contribution in [0.2, 0.25) is 0 Å². The van der Waals surface area contributed by atoms with Crippen LogP contribution in [0.4, 0.5) is 17.6 Å². The van der Waals surface area contributed by atoms with Gasteiger partial charge in [0.05, 0.1) is 5.56 Å². The summed E-state index contributed by atoms with van der Waals surface area (Å²) in [7, 11) is 0. The van der Waals surface area contributed by atoms with Gasteiger partial charge in [-0.1, -0.05) is 48.3 Å². The zero-order valence-corrected chi connectivity index (χ0v) is 20.4.